The first-order chi connectivity index (χ1) is 11.6. The number of ether oxygens (including phenoxy) is 1. The Hall–Kier alpha value is -2.69. The zero-order valence-electron chi connectivity index (χ0n) is 13.6. The highest BCUT2D eigenvalue weighted by molar-refractivity contribution is 5.92. The Kier molecular flexibility index (Phi) is 4.89. The van der Waals surface area contributed by atoms with Gasteiger partial charge in [0.05, 0.1) is 11.6 Å². The molecule has 1 amide bonds. The zero-order chi connectivity index (χ0) is 16.9. The molecule has 1 aromatic heterocycles. The van der Waals surface area contributed by atoms with E-state index in [1.807, 2.05) is 18.2 Å². The first-order valence-corrected chi connectivity index (χ1v) is 8.14. The van der Waals surface area contributed by atoms with Gasteiger partial charge < -0.3 is 10.1 Å². The van der Waals surface area contributed by atoms with E-state index in [9.17, 15) is 9.59 Å². The summed E-state index contributed by atoms with van der Waals surface area (Å²) >= 11 is 0. The number of amides is 1. The summed E-state index contributed by atoms with van der Waals surface area (Å²) < 4.78 is 5.25. The van der Waals surface area contributed by atoms with Crippen LogP contribution in [0.5, 0.6) is 0 Å². The molecular formula is C19H20N2O3. The van der Waals surface area contributed by atoms with Gasteiger partial charge in [0.15, 0.2) is 6.10 Å². The number of pyridine rings is 1. The van der Waals surface area contributed by atoms with Crippen LogP contribution in [0.15, 0.2) is 48.8 Å². The van der Waals surface area contributed by atoms with Crippen molar-refractivity contribution in [1.29, 1.82) is 0 Å². The summed E-state index contributed by atoms with van der Waals surface area (Å²) in [6.07, 6.45) is 5.15. The molecule has 3 rings (SSSR count). The highest BCUT2D eigenvalue weighted by atomic mass is 16.5. The molecule has 5 heteroatoms. The van der Waals surface area contributed by atoms with Gasteiger partial charge in [-0.15, -0.1) is 0 Å². The Morgan fingerprint density at radius 3 is 2.75 bits per heavy atom. The quantitative estimate of drug-likeness (QED) is 0.878. The molecule has 5 nitrogen and oxygen atoms in total. The minimum absolute atomic E-state index is 0.0236. The topological polar surface area (TPSA) is 68.3 Å². The predicted octanol–water partition coefficient (Wildman–Crippen LogP) is 2.82. The second kappa shape index (κ2) is 7.25. The van der Waals surface area contributed by atoms with Gasteiger partial charge in [-0.2, -0.15) is 0 Å². The van der Waals surface area contributed by atoms with Crippen molar-refractivity contribution in [3.63, 3.8) is 0 Å². The van der Waals surface area contributed by atoms with Gasteiger partial charge >= 0.3 is 5.97 Å². The van der Waals surface area contributed by atoms with Gasteiger partial charge in [-0.05, 0) is 49.4 Å². The van der Waals surface area contributed by atoms with Crippen LogP contribution in [0.25, 0.3) is 0 Å². The van der Waals surface area contributed by atoms with Crippen LogP contribution in [0.4, 0.5) is 0 Å². The molecule has 0 bridgehead atoms. The minimum Gasteiger partial charge on any atom is -0.449 e. The smallest absolute Gasteiger partial charge is 0.339 e. The summed E-state index contributed by atoms with van der Waals surface area (Å²) in [6, 6.07) is 11.2. The molecule has 0 unspecified atom stereocenters. The molecule has 2 aromatic rings. The number of aryl methyl sites for hydroxylation is 1. The fraction of sp³-hybridized carbons (Fsp3) is 0.316. The molecule has 124 valence electrons. The van der Waals surface area contributed by atoms with Crippen molar-refractivity contribution in [2.24, 2.45) is 0 Å². The number of hydrogen-bond acceptors (Lipinski definition) is 4. The SMILES string of the molecule is C[C@@H](OC(=O)c1ccncc1)C(=O)N[C@@H]1CCCc2ccccc21. The Balaban J connectivity index is 1.62. The van der Waals surface area contributed by atoms with Crippen molar-refractivity contribution < 1.29 is 14.3 Å². The van der Waals surface area contributed by atoms with Crippen LogP contribution in [0.3, 0.4) is 0 Å². The van der Waals surface area contributed by atoms with Crippen LogP contribution >= 0.6 is 0 Å². The third-order valence-corrected chi connectivity index (χ3v) is 4.25. The van der Waals surface area contributed by atoms with E-state index in [1.54, 1.807) is 19.1 Å². The third kappa shape index (κ3) is 3.62. The van der Waals surface area contributed by atoms with Crippen LogP contribution < -0.4 is 5.32 Å². The Morgan fingerprint density at radius 1 is 1.21 bits per heavy atom. The normalized spacial score (nSPS) is 17.5. The fourth-order valence-electron chi connectivity index (χ4n) is 2.96. The molecular weight excluding hydrogens is 304 g/mol. The first kappa shape index (κ1) is 16.2. The third-order valence-electron chi connectivity index (χ3n) is 4.25. The number of carbonyl (C=O) groups excluding carboxylic acids is 2. The number of rotatable bonds is 4. The van der Waals surface area contributed by atoms with Gasteiger partial charge in [0.25, 0.3) is 5.91 Å². The average Bonchev–Trinajstić information content (AvgIpc) is 2.62. The van der Waals surface area contributed by atoms with Crippen LogP contribution in [0, 0.1) is 0 Å². The lowest BCUT2D eigenvalue weighted by atomic mass is 9.87. The lowest BCUT2D eigenvalue weighted by molar-refractivity contribution is -0.130. The molecule has 1 aromatic carbocycles. The maximum absolute atomic E-state index is 12.4. The largest absolute Gasteiger partial charge is 0.449 e. The van der Waals surface area contributed by atoms with Crippen LogP contribution in [-0.2, 0) is 16.0 Å². The van der Waals surface area contributed by atoms with Gasteiger partial charge in [0.1, 0.15) is 0 Å². The van der Waals surface area contributed by atoms with Crippen LogP contribution in [0.1, 0.15) is 47.3 Å². The molecule has 1 aliphatic rings. The van der Waals surface area contributed by atoms with Gasteiger partial charge in [0.2, 0.25) is 0 Å². The van der Waals surface area contributed by atoms with Crippen molar-refractivity contribution in [1.82, 2.24) is 10.3 Å². The van der Waals surface area contributed by atoms with E-state index in [0.717, 1.165) is 24.8 Å². The molecule has 24 heavy (non-hydrogen) atoms. The van der Waals surface area contributed by atoms with E-state index in [2.05, 4.69) is 16.4 Å². The molecule has 0 aliphatic heterocycles. The van der Waals surface area contributed by atoms with Gasteiger partial charge in [-0.3, -0.25) is 9.78 Å². The van der Waals surface area contributed by atoms with E-state index >= 15 is 0 Å². The fourth-order valence-corrected chi connectivity index (χ4v) is 2.96. The number of fused-ring (bicyclic) bond motifs is 1. The second-order valence-corrected chi connectivity index (χ2v) is 5.94. The molecule has 0 spiro atoms. The number of aromatic nitrogens is 1. The molecule has 0 fully saturated rings. The number of hydrogen-bond donors (Lipinski definition) is 1. The molecule has 1 heterocycles. The van der Waals surface area contributed by atoms with E-state index in [0.29, 0.717) is 5.56 Å². The van der Waals surface area contributed by atoms with E-state index < -0.39 is 12.1 Å². The zero-order valence-corrected chi connectivity index (χ0v) is 13.6. The van der Waals surface area contributed by atoms with Crippen molar-refractivity contribution in [3.8, 4) is 0 Å². The van der Waals surface area contributed by atoms with Crippen molar-refractivity contribution in [2.45, 2.75) is 38.3 Å². The van der Waals surface area contributed by atoms with Gasteiger partial charge in [-0.25, -0.2) is 4.79 Å². The second-order valence-electron chi connectivity index (χ2n) is 5.94. The minimum atomic E-state index is -0.847. The number of nitrogens with one attached hydrogen (secondary N) is 1. The summed E-state index contributed by atoms with van der Waals surface area (Å²) in [5, 5.41) is 3.00. The average molecular weight is 324 g/mol. The molecule has 0 radical (unpaired) electrons. The predicted molar refractivity (Wildman–Crippen MR) is 89.4 cm³/mol. The van der Waals surface area contributed by atoms with Crippen LogP contribution in [-0.4, -0.2) is 23.0 Å². The summed E-state index contributed by atoms with van der Waals surface area (Å²) in [4.78, 5) is 28.3. The molecule has 1 N–H and O–H groups in total. The highest BCUT2D eigenvalue weighted by Gasteiger charge is 2.25. The lowest BCUT2D eigenvalue weighted by Crippen LogP contribution is -2.39. The first-order valence-electron chi connectivity index (χ1n) is 8.14. The summed E-state index contributed by atoms with van der Waals surface area (Å²) in [5.41, 5.74) is 2.81. The van der Waals surface area contributed by atoms with E-state index in [1.165, 1.54) is 18.0 Å². The maximum Gasteiger partial charge on any atom is 0.339 e. The molecule has 1 aliphatic carbocycles. The Morgan fingerprint density at radius 2 is 1.96 bits per heavy atom. The van der Waals surface area contributed by atoms with E-state index in [-0.39, 0.29) is 11.9 Å². The summed E-state index contributed by atoms with van der Waals surface area (Å²) in [7, 11) is 0. The van der Waals surface area contributed by atoms with Gasteiger partial charge in [0, 0.05) is 12.4 Å². The number of nitrogens with zero attached hydrogens (tertiary/aromatic N) is 1. The maximum atomic E-state index is 12.4. The van der Waals surface area contributed by atoms with Crippen molar-refractivity contribution in [2.75, 3.05) is 0 Å². The lowest BCUT2D eigenvalue weighted by Gasteiger charge is -2.27. The van der Waals surface area contributed by atoms with Crippen molar-refractivity contribution in [3.05, 3.63) is 65.5 Å². The number of benzene rings is 1. The molecule has 2 atom stereocenters. The Bertz CT molecular complexity index is 730. The van der Waals surface area contributed by atoms with Crippen LogP contribution in [0.2, 0.25) is 0 Å². The standard InChI is InChI=1S/C19H20N2O3/c1-13(24-19(23)15-9-11-20-12-10-15)18(22)21-17-8-4-6-14-5-2-3-7-16(14)17/h2-3,5,7,9-13,17H,4,6,8H2,1H3,(H,21,22)/t13-,17-/m1/s1. The van der Waals surface area contributed by atoms with E-state index in [4.69, 9.17) is 4.74 Å². The summed E-state index contributed by atoms with van der Waals surface area (Å²) in [6.45, 7) is 1.59. The van der Waals surface area contributed by atoms with Gasteiger partial charge in [-0.1, -0.05) is 24.3 Å². The monoisotopic (exact) mass is 324 g/mol. The Labute approximate surface area is 141 Å². The number of esters is 1. The number of carbonyl (C=O) groups is 2. The van der Waals surface area contributed by atoms with Crippen molar-refractivity contribution >= 4 is 11.9 Å². The molecule has 0 saturated carbocycles. The summed E-state index contributed by atoms with van der Waals surface area (Å²) in [5.74, 6) is -0.803. The highest BCUT2D eigenvalue weighted by Crippen LogP contribution is 2.29. The molecule has 0 saturated heterocycles.